The first-order chi connectivity index (χ1) is 10.2. The van der Waals surface area contributed by atoms with Gasteiger partial charge in [0.05, 0.1) is 12.9 Å². The van der Waals surface area contributed by atoms with Crippen LogP contribution in [0.15, 0.2) is 28.2 Å². The number of hydrogen-bond acceptors (Lipinski definition) is 6. The third-order valence-corrected chi connectivity index (χ3v) is 3.89. The van der Waals surface area contributed by atoms with Gasteiger partial charge in [0.15, 0.2) is 16.6 Å². The maximum atomic E-state index is 12.5. The van der Waals surface area contributed by atoms with E-state index in [1.165, 1.54) is 17.6 Å². The number of furan rings is 1. The molecule has 2 heterocycles. The Bertz CT molecular complexity index is 646. The Morgan fingerprint density at radius 3 is 2.95 bits per heavy atom. The summed E-state index contributed by atoms with van der Waals surface area (Å²) in [6.07, 6.45) is 3.33. The van der Waals surface area contributed by atoms with Gasteiger partial charge in [0.2, 0.25) is 0 Å². The molecule has 2 aromatic heterocycles. The second kappa shape index (κ2) is 5.69. The summed E-state index contributed by atoms with van der Waals surface area (Å²) in [5.74, 6) is -0.428. The zero-order valence-electron chi connectivity index (χ0n) is 11.4. The van der Waals surface area contributed by atoms with Crippen LogP contribution in [0.4, 0.5) is 5.13 Å². The molecule has 0 atom stereocenters. The molecule has 6 nitrogen and oxygen atoms in total. The van der Waals surface area contributed by atoms with Crippen LogP contribution in [-0.4, -0.2) is 29.5 Å². The fourth-order valence-corrected chi connectivity index (χ4v) is 2.80. The first kappa shape index (κ1) is 13.8. The summed E-state index contributed by atoms with van der Waals surface area (Å²) in [6, 6.07) is 3.42. The Morgan fingerprint density at radius 2 is 2.33 bits per heavy atom. The Balaban J connectivity index is 1.85. The first-order valence-electron chi connectivity index (χ1n) is 6.70. The molecule has 0 N–H and O–H groups in total. The Labute approximate surface area is 125 Å². The molecule has 1 fully saturated rings. The van der Waals surface area contributed by atoms with Crippen LogP contribution in [0.1, 0.15) is 40.8 Å². The van der Waals surface area contributed by atoms with Crippen LogP contribution in [0.25, 0.3) is 0 Å². The number of carbonyl (C=O) groups excluding carboxylic acids is 2. The molecular formula is C14H14N2O4S. The van der Waals surface area contributed by atoms with Crippen molar-refractivity contribution < 1.29 is 18.7 Å². The SMILES string of the molecule is CCOC(=O)c1csc(N(C(=O)c2ccco2)C2CC2)n1. The van der Waals surface area contributed by atoms with E-state index in [4.69, 9.17) is 9.15 Å². The number of thiazole rings is 1. The van der Waals surface area contributed by atoms with Gasteiger partial charge in [-0.3, -0.25) is 9.69 Å². The minimum Gasteiger partial charge on any atom is -0.461 e. The standard InChI is InChI=1S/C14H14N2O4S/c1-2-19-13(18)10-8-21-14(15-10)16(9-5-6-9)12(17)11-4-3-7-20-11/h3-4,7-9H,2,5-6H2,1H3. The molecule has 0 aromatic carbocycles. The third kappa shape index (κ3) is 2.82. The summed E-state index contributed by atoms with van der Waals surface area (Å²) in [4.78, 5) is 30.0. The highest BCUT2D eigenvalue weighted by Crippen LogP contribution is 2.35. The number of amides is 1. The highest BCUT2D eigenvalue weighted by molar-refractivity contribution is 7.14. The molecule has 110 valence electrons. The molecule has 0 aliphatic heterocycles. The molecule has 0 unspecified atom stereocenters. The van der Waals surface area contributed by atoms with Crippen molar-refractivity contribution in [2.75, 3.05) is 11.5 Å². The van der Waals surface area contributed by atoms with Crippen LogP contribution in [0.5, 0.6) is 0 Å². The maximum Gasteiger partial charge on any atom is 0.357 e. The fourth-order valence-electron chi connectivity index (χ4n) is 1.93. The number of hydrogen-bond donors (Lipinski definition) is 0. The second-order valence-corrected chi connectivity index (χ2v) is 5.46. The van der Waals surface area contributed by atoms with Crippen LogP contribution in [-0.2, 0) is 4.74 Å². The first-order valence-corrected chi connectivity index (χ1v) is 7.58. The molecule has 0 spiro atoms. The maximum absolute atomic E-state index is 12.5. The summed E-state index contributed by atoms with van der Waals surface area (Å²) < 4.78 is 10.1. The van der Waals surface area contributed by atoms with Gasteiger partial charge in [-0.05, 0) is 31.9 Å². The van der Waals surface area contributed by atoms with Crippen LogP contribution in [0.3, 0.4) is 0 Å². The summed E-state index contributed by atoms with van der Waals surface area (Å²) in [5, 5.41) is 2.11. The highest BCUT2D eigenvalue weighted by atomic mass is 32.1. The molecule has 21 heavy (non-hydrogen) atoms. The molecule has 1 amide bonds. The number of ether oxygens (including phenoxy) is 1. The average Bonchev–Trinajstić information content (AvgIpc) is 2.97. The van der Waals surface area contributed by atoms with E-state index in [0.29, 0.717) is 11.7 Å². The van der Waals surface area contributed by atoms with E-state index < -0.39 is 5.97 Å². The molecule has 0 bridgehead atoms. The lowest BCUT2D eigenvalue weighted by atomic mass is 10.4. The van der Waals surface area contributed by atoms with Gasteiger partial charge >= 0.3 is 5.97 Å². The largest absolute Gasteiger partial charge is 0.461 e. The Hall–Kier alpha value is -2.15. The normalized spacial score (nSPS) is 14.0. The van der Waals surface area contributed by atoms with Crippen LogP contribution in [0.2, 0.25) is 0 Å². The van der Waals surface area contributed by atoms with Crippen molar-refractivity contribution in [3.8, 4) is 0 Å². The van der Waals surface area contributed by atoms with Gasteiger partial charge in [-0.25, -0.2) is 9.78 Å². The van der Waals surface area contributed by atoms with Crippen LogP contribution < -0.4 is 4.90 Å². The number of carbonyl (C=O) groups is 2. The predicted molar refractivity (Wildman–Crippen MR) is 76.6 cm³/mol. The molecule has 1 saturated carbocycles. The Kier molecular flexibility index (Phi) is 3.74. The van der Waals surface area contributed by atoms with E-state index >= 15 is 0 Å². The van der Waals surface area contributed by atoms with Gasteiger partial charge in [0, 0.05) is 11.4 Å². The van der Waals surface area contributed by atoms with Crippen molar-refractivity contribution in [1.82, 2.24) is 4.98 Å². The monoisotopic (exact) mass is 306 g/mol. The number of nitrogens with zero attached hydrogens (tertiary/aromatic N) is 2. The second-order valence-electron chi connectivity index (χ2n) is 4.62. The van der Waals surface area contributed by atoms with E-state index in [-0.39, 0.29) is 23.4 Å². The van der Waals surface area contributed by atoms with Gasteiger partial charge in [0.25, 0.3) is 5.91 Å². The molecule has 0 radical (unpaired) electrons. The molecule has 0 saturated heterocycles. The summed E-state index contributed by atoms with van der Waals surface area (Å²) in [7, 11) is 0. The minimum absolute atomic E-state index is 0.129. The van der Waals surface area contributed by atoms with Gasteiger partial charge in [-0.15, -0.1) is 11.3 Å². The number of esters is 1. The quantitative estimate of drug-likeness (QED) is 0.794. The topological polar surface area (TPSA) is 72.6 Å². The lowest BCUT2D eigenvalue weighted by Gasteiger charge is -2.17. The van der Waals surface area contributed by atoms with Crippen molar-refractivity contribution in [2.24, 2.45) is 0 Å². The van der Waals surface area contributed by atoms with Crippen LogP contribution >= 0.6 is 11.3 Å². The third-order valence-electron chi connectivity index (χ3n) is 3.05. The number of rotatable bonds is 5. The lowest BCUT2D eigenvalue weighted by Crippen LogP contribution is -2.32. The zero-order valence-corrected chi connectivity index (χ0v) is 12.3. The van der Waals surface area contributed by atoms with Crippen molar-refractivity contribution in [3.05, 3.63) is 35.2 Å². The van der Waals surface area contributed by atoms with E-state index in [1.807, 2.05) is 0 Å². The molecule has 7 heteroatoms. The van der Waals surface area contributed by atoms with Gasteiger partial charge < -0.3 is 9.15 Å². The fraction of sp³-hybridized carbons (Fsp3) is 0.357. The average molecular weight is 306 g/mol. The summed E-state index contributed by atoms with van der Waals surface area (Å²) >= 11 is 1.26. The van der Waals surface area contributed by atoms with Crippen molar-refractivity contribution >= 4 is 28.3 Å². The smallest absolute Gasteiger partial charge is 0.357 e. The van der Waals surface area contributed by atoms with Gasteiger partial charge in [0.1, 0.15) is 0 Å². The molecule has 3 rings (SSSR count). The molecule has 1 aliphatic rings. The molecular weight excluding hydrogens is 292 g/mol. The van der Waals surface area contributed by atoms with Crippen molar-refractivity contribution in [2.45, 2.75) is 25.8 Å². The molecule has 1 aliphatic carbocycles. The predicted octanol–water partition coefficient (Wildman–Crippen LogP) is 2.72. The lowest BCUT2D eigenvalue weighted by molar-refractivity contribution is 0.0520. The number of anilines is 1. The van der Waals surface area contributed by atoms with Crippen molar-refractivity contribution in [1.29, 1.82) is 0 Å². The zero-order chi connectivity index (χ0) is 14.8. The van der Waals surface area contributed by atoms with Crippen LogP contribution in [0, 0.1) is 0 Å². The van der Waals surface area contributed by atoms with Gasteiger partial charge in [-0.2, -0.15) is 0 Å². The Morgan fingerprint density at radius 1 is 1.52 bits per heavy atom. The summed E-state index contributed by atoms with van der Waals surface area (Å²) in [6.45, 7) is 2.03. The van der Waals surface area contributed by atoms with E-state index in [9.17, 15) is 9.59 Å². The molecule has 2 aromatic rings. The highest BCUT2D eigenvalue weighted by Gasteiger charge is 2.37. The summed E-state index contributed by atoms with van der Waals surface area (Å²) in [5.41, 5.74) is 0.231. The number of aromatic nitrogens is 1. The minimum atomic E-state index is -0.471. The van der Waals surface area contributed by atoms with E-state index in [1.54, 1.807) is 29.3 Å². The van der Waals surface area contributed by atoms with E-state index in [0.717, 1.165) is 12.8 Å². The van der Waals surface area contributed by atoms with E-state index in [2.05, 4.69) is 4.98 Å². The van der Waals surface area contributed by atoms with Crippen molar-refractivity contribution in [3.63, 3.8) is 0 Å². The van der Waals surface area contributed by atoms with Gasteiger partial charge in [-0.1, -0.05) is 0 Å².